The highest BCUT2D eigenvalue weighted by Crippen LogP contribution is 2.40. The molecule has 4 rings (SSSR count). The van der Waals surface area contributed by atoms with Gasteiger partial charge in [-0.15, -0.1) is 0 Å². The molecule has 0 atom stereocenters. The van der Waals surface area contributed by atoms with Gasteiger partial charge in [0.25, 0.3) is 0 Å². The van der Waals surface area contributed by atoms with Crippen LogP contribution < -0.4 is 5.73 Å². The summed E-state index contributed by atoms with van der Waals surface area (Å²) in [5.41, 5.74) is 8.65. The summed E-state index contributed by atoms with van der Waals surface area (Å²) in [6, 6.07) is 8.23. The van der Waals surface area contributed by atoms with Crippen molar-refractivity contribution in [1.29, 1.82) is 0 Å². The smallest absolute Gasteiger partial charge is 0.160 e. The predicted molar refractivity (Wildman–Crippen MR) is 73.4 cm³/mol. The van der Waals surface area contributed by atoms with Crippen molar-refractivity contribution in [3.05, 3.63) is 36.7 Å². The van der Waals surface area contributed by atoms with Crippen molar-refractivity contribution in [3.63, 3.8) is 0 Å². The summed E-state index contributed by atoms with van der Waals surface area (Å²) in [4.78, 5) is 13.2. The second-order valence-electron chi connectivity index (χ2n) is 4.85. The molecule has 0 unspecified atom stereocenters. The van der Waals surface area contributed by atoms with Crippen LogP contribution in [0.1, 0.15) is 18.9 Å². The van der Waals surface area contributed by atoms with Crippen LogP contribution in [0, 0.1) is 0 Å². The molecule has 3 aromatic heterocycles. The molecule has 0 aromatic carbocycles. The van der Waals surface area contributed by atoms with E-state index in [1.165, 1.54) is 12.8 Å². The topological polar surface area (TPSA) is 69.6 Å². The van der Waals surface area contributed by atoms with Gasteiger partial charge in [-0.1, -0.05) is 0 Å². The standard InChI is InChI=1S/C14H13N5/c15-12-8-9(5-7-16-12)13-18-11-2-1-6-17-14(11)19(13)10-3-4-10/h1-2,5-8,10H,3-4H2,(H2,15,16). The van der Waals surface area contributed by atoms with Gasteiger partial charge in [0.15, 0.2) is 5.65 Å². The Bertz CT molecular complexity index is 757. The number of hydrogen-bond acceptors (Lipinski definition) is 4. The number of rotatable bonds is 2. The molecule has 1 aliphatic rings. The average molecular weight is 251 g/mol. The molecule has 1 saturated carbocycles. The Morgan fingerprint density at radius 2 is 2.05 bits per heavy atom. The lowest BCUT2D eigenvalue weighted by molar-refractivity contribution is 0.766. The molecule has 3 aromatic rings. The summed E-state index contributed by atoms with van der Waals surface area (Å²) in [6.07, 6.45) is 5.91. The Morgan fingerprint density at radius 1 is 1.16 bits per heavy atom. The summed E-state index contributed by atoms with van der Waals surface area (Å²) in [5, 5.41) is 0. The third-order valence-corrected chi connectivity index (χ3v) is 3.40. The van der Waals surface area contributed by atoms with Gasteiger partial charge in [-0.05, 0) is 37.1 Å². The Hall–Kier alpha value is -2.43. The number of hydrogen-bond donors (Lipinski definition) is 1. The maximum atomic E-state index is 5.77. The molecule has 0 bridgehead atoms. The molecule has 94 valence electrons. The van der Waals surface area contributed by atoms with E-state index >= 15 is 0 Å². The van der Waals surface area contributed by atoms with E-state index in [-0.39, 0.29) is 0 Å². The summed E-state index contributed by atoms with van der Waals surface area (Å²) in [7, 11) is 0. The minimum atomic E-state index is 0.514. The molecular formula is C14H13N5. The van der Waals surface area contributed by atoms with Crippen LogP contribution in [0.15, 0.2) is 36.7 Å². The quantitative estimate of drug-likeness (QED) is 0.759. The third-order valence-electron chi connectivity index (χ3n) is 3.40. The minimum absolute atomic E-state index is 0.514. The van der Waals surface area contributed by atoms with E-state index in [9.17, 15) is 0 Å². The molecule has 1 fully saturated rings. The monoisotopic (exact) mass is 251 g/mol. The van der Waals surface area contributed by atoms with Crippen molar-refractivity contribution in [2.45, 2.75) is 18.9 Å². The van der Waals surface area contributed by atoms with Gasteiger partial charge in [0.2, 0.25) is 0 Å². The fraction of sp³-hybridized carbons (Fsp3) is 0.214. The molecule has 19 heavy (non-hydrogen) atoms. The van der Waals surface area contributed by atoms with Crippen LogP contribution in [-0.4, -0.2) is 19.5 Å². The zero-order valence-corrected chi connectivity index (χ0v) is 10.3. The van der Waals surface area contributed by atoms with Gasteiger partial charge >= 0.3 is 0 Å². The molecule has 5 heteroatoms. The maximum Gasteiger partial charge on any atom is 0.160 e. The van der Waals surface area contributed by atoms with Crippen molar-refractivity contribution in [3.8, 4) is 11.4 Å². The first-order chi connectivity index (χ1) is 9.33. The lowest BCUT2D eigenvalue weighted by Crippen LogP contribution is -1.99. The maximum absolute atomic E-state index is 5.77. The van der Waals surface area contributed by atoms with E-state index in [0.29, 0.717) is 11.9 Å². The average Bonchev–Trinajstić information content (AvgIpc) is 3.18. The molecular weight excluding hydrogens is 238 g/mol. The Labute approximate surface area is 110 Å². The first-order valence-corrected chi connectivity index (χ1v) is 6.38. The number of imidazole rings is 1. The summed E-state index contributed by atoms with van der Waals surface area (Å²) >= 11 is 0. The van der Waals surface area contributed by atoms with E-state index in [0.717, 1.165) is 22.6 Å². The second-order valence-corrected chi connectivity index (χ2v) is 4.85. The van der Waals surface area contributed by atoms with Crippen LogP contribution in [0.2, 0.25) is 0 Å². The molecule has 0 spiro atoms. The molecule has 2 N–H and O–H groups in total. The van der Waals surface area contributed by atoms with Crippen molar-refractivity contribution < 1.29 is 0 Å². The zero-order chi connectivity index (χ0) is 12.8. The van der Waals surface area contributed by atoms with Gasteiger partial charge in [-0.25, -0.2) is 15.0 Å². The molecule has 1 aliphatic carbocycles. The lowest BCUT2D eigenvalue weighted by atomic mass is 10.2. The summed E-state index contributed by atoms with van der Waals surface area (Å²) < 4.78 is 2.23. The number of nitrogens with two attached hydrogens (primary N) is 1. The van der Waals surface area contributed by atoms with Crippen molar-refractivity contribution >= 4 is 17.0 Å². The predicted octanol–water partition coefficient (Wildman–Crippen LogP) is 2.41. The molecule has 0 aliphatic heterocycles. The SMILES string of the molecule is Nc1cc(-c2nc3cccnc3n2C2CC2)ccn1. The van der Waals surface area contributed by atoms with Gasteiger partial charge in [0.05, 0.1) is 0 Å². The first kappa shape index (κ1) is 10.5. The van der Waals surface area contributed by atoms with E-state index in [1.807, 2.05) is 30.5 Å². The van der Waals surface area contributed by atoms with Gasteiger partial charge in [-0.2, -0.15) is 0 Å². The Kier molecular flexibility index (Phi) is 2.09. The van der Waals surface area contributed by atoms with Crippen LogP contribution in [0.25, 0.3) is 22.6 Å². The highest BCUT2D eigenvalue weighted by Gasteiger charge is 2.29. The van der Waals surface area contributed by atoms with Gasteiger partial charge in [-0.3, -0.25) is 0 Å². The van der Waals surface area contributed by atoms with Crippen molar-refractivity contribution in [1.82, 2.24) is 19.5 Å². The number of aromatic nitrogens is 4. The van der Waals surface area contributed by atoms with Crippen molar-refractivity contribution in [2.24, 2.45) is 0 Å². The number of nitrogen functional groups attached to an aromatic ring is 1. The van der Waals surface area contributed by atoms with Gasteiger partial charge in [0.1, 0.15) is 17.2 Å². The Balaban J connectivity index is 2.00. The minimum Gasteiger partial charge on any atom is -0.384 e. The van der Waals surface area contributed by atoms with E-state index in [4.69, 9.17) is 10.7 Å². The van der Waals surface area contributed by atoms with E-state index in [1.54, 1.807) is 6.20 Å². The third kappa shape index (κ3) is 1.66. The summed E-state index contributed by atoms with van der Waals surface area (Å²) in [6.45, 7) is 0. The first-order valence-electron chi connectivity index (χ1n) is 6.38. The largest absolute Gasteiger partial charge is 0.384 e. The highest BCUT2D eigenvalue weighted by atomic mass is 15.2. The van der Waals surface area contributed by atoms with Crippen LogP contribution >= 0.6 is 0 Å². The van der Waals surface area contributed by atoms with Crippen LogP contribution in [-0.2, 0) is 0 Å². The number of fused-ring (bicyclic) bond motifs is 1. The normalized spacial score (nSPS) is 14.9. The molecule has 0 amide bonds. The molecule has 0 radical (unpaired) electrons. The zero-order valence-electron chi connectivity index (χ0n) is 10.3. The molecule has 3 heterocycles. The lowest BCUT2D eigenvalue weighted by Gasteiger charge is -2.07. The molecule has 5 nitrogen and oxygen atoms in total. The summed E-state index contributed by atoms with van der Waals surface area (Å²) in [5.74, 6) is 1.45. The number of nitrogens with zero attached hydrogens (tertiary/aromatic N) is 4. The number of pyridine rings is 2. The number of anilines is 1. The van der Waals surface area contributed by atoms with Gasteiger partial charge < -0.3 is 10.3 Å². The Morgan fingerprint density at radius 3 is 2.84 bits per heavy atom. The second kappa shape index (κ2) is 3.78. The van der Waals surface area contributed by atoms with Crippen LogP contribution in [0.5, 0.6) is 0 Å². The fourth-order valence-corrected chi connectivity index (χ4v) is 2.40. The van der Waals surface area contributed by atoms with Crippen LogP contribution in [0.3, 0.4) is 0 Å². The van der Waals surface area contributed by atoms with Crippen LogP contribution in [0.4, 0.5) is 5.82 Å². The highest BCUT2D eigenvalue weighted by molar-refractivity contribution is 5.77. The van der Waals surface area contributed by atoms with E-state index in [2.05, 4.69) is 14.5 Å². The molecule has 0 saturated heterocycles. The van der Waals surface area contributed by atoms with Gasteiger partial charge in [0, 0.05) is 24.0 Å². The van der Waals surface area contributed by atoms with Crippen molar-refractivity contribution in [2.75, 3.05) is 5.73 Å². The van der Waals surface area contributed by atoms with E-state index < -0.39 is 0 Å². The fourth-order valence-electron chi connectivity index (χ4n) is 2.40.